The maximum absolute atomic E-state index is 13.5. The first-order valence-corrected chi connectivity index (χ1v) is 8.80. The lowest BCUT2D eigenvalue weighted by atomic mass is 10.0. The van der Waals surface area contributed by atoms with Gasteiger partial charge in [-0.15, -0.1) is 5.10 Å². The Bertz CT molecular complexity index is 1180. The Labute approximate surface area is 161 Å². The van der Waals surface area contributed by atoms with Crippen molar-refractivity contribution in [1.82, 2.24) is 14.6 Å². The lowest BCUT2D eigenvalue weighted by Crippen LogP contribution is -1.98. The molecule has 0 fully saturated rings. The zero-order valence-electron chi connectivity index (χ0n) is 15.5. The number of nitrogens with one attached hydrogen (secondary N) is 3. The third-order valence-electron chi connectivity index (χ3n) is 4.57. The highest BCUT2D eigenvalue weighted by atomic mass is 19.1. The van der Waals surface area contributed by atoms with Crippen molar-refractivity contribution in [2.75, 3.05) is 17.7 Å². The smallest absolute Gasteiger partial charge is 0.247 e. The first-order chi connectivity index (χ1) is 13.6. The molecule has 0 spiro atoms. The standard InChI is InChI=1S/C21H19FN6/c1-13-10-15(22)5-7-17(13)18-4-3-9-28-20(18)26-21(27-28)25-16-6-8-19(24-2)14(11-16)12-23/h3-12,23-24H,1-2H3,(H,25,27). The second-order valence-corrected chi connectivity index (χ2v) is 6.41. The topological polar surface area (TPSA) is 78.1 Å². The minimum absolute atomic E-state index is 0.260. The molecule has 0 bridgehead atoms. The van der Waals surface area contributed by atoms with E-state index in [0.717, 1.165) is 33.6 Å². The number of rotatable bonds is 5. The van der Waals surface area contributed by atoms with Crippen molar-refractivity contribution < 1.29 is 4.39 Å². The Morgan fingerprint density at radius 3 is 2.71 bits per heavy atom. The zero-order chi connectivity index (χ0) is 19.7. The minimum Gasteiger partial charge on any atom is -0.388 e. The molecule has 3 N–H and O–H groups in total. The molecule has 0 radical (unpaired) electrons. The Kier molecular flexibility index (Phi) is 4.49. The minimum atomic E-state index is -0.260. The summed E-state index contributed by atoms with van der Waals surface area (Å²) >= 11 is 0. The molecule has 28 heavy (non-hydrogen) atoms. The van der Waals surface area contributed by atoms with Gasteiger partial charge < -0.3 is 16.0 Å². The molecule has 0 aliphatic heterocycles. The van der Waals surface area contributed by atoms with Crippen LogP contribution in [0.1, 0.15) is 11.1 Å². The van der Waals surface area contributed by atoms with Gasteiger partial charge in [0.1, 0.15) is 5.82 Å². The molecule has 4 aromatic rings. The normalized spacial score (nSPS) is 10.8. The number of nitrogens with zero attached hydrogens (tertiary/aromatic N) is 3. The van der Waals surface area contributed by atoms with Crippen molar-refractivity contribution in [3.8, 4) is 11.1 Å². The van der Waals surface area contributed by atoms with Crippen LogP contribution in [0.4, 0.5) is 21.7 Å². The summed E-state index contributed by atoms with van der Waals surface area (Å²) in [6.07, 6.45) is 3.12. The Morgan fingerprint density at radius 2 is 1.96 bits per heavy atom. The molecule has 7 heteroatoms. The molecule has 0 aliphatic rings. The van der Waals surface area contributed by atoms with Crippen molar-refractivity contribution >= 4 is 29.2 Å². The molecular weight excluding hydrogens is 355 g/mol. The quantitative estimate of drug-likeness (QED) is 0.445. The zero-order valence-corrected chi connectivity index (χ0v) is 15.5. The summed E-state index contributed by atoms with van der Waals surface area (Å²) in [5, 5.41) is 18.3. The van der Waals surface area contributed by atoms with E-state index in [1.54, 1.807) is 10.6 Å². The van der Waals surface area contributed by atoms with Gasteiger partial charge in [-0.05, 0) is 60.5 Å². The van der Waals surface area contributed by atoms with Crippen LogP contribution in [0, 0.1) is 18.2 Å². The van der Waals surface area contributed by atoms with Crippen LogP contribution in [0.25, 0.3) is 16.8 Å². The summed E-state index contributed by atoms with van der Waals surface area (Å²) in [6.45, 7) is 1.87. The number of hydrogen-bond acceptors (Lipinski definition) is 5. The number of hydrogen-bond donors (Lipinski definition) is 3. The number of aromatic nitrogens is 3. The third kappa shape index (κ3) is 3.18. The lowest BCUT2D eigenvalue weighted by Gasteiger charge is -2.08. The first-order valence-electron chi connectivity index (χ1n) is 8.80. The Hall–Kier alpha value is -3.74. The molecule has 0 aliphatic carbocycles. The Morgan fingerprint density at radius 1 is 1.11 bits per heavy atom. The van der Waals surface area contributed by atoms with Gasteiger partial charge in [0.2, 0.25) is 5.95 Å². The highest BCUT2D eigenvalue weighted by molar-refractivity contribution is 5.88. The van der Waals surface area contributed by atoms with Crippen LogP contribution in [0.5, 0.6) is 0 Å². The first kappa shape index (κ1) is 17.7. The van der Waals surface area contributed by atoms with E-state index in [-0.39, 0.29) is 5.82 Å². The molecule has 4 rings (SSSR count). The molecule has 2 heterocycles. The van der Waals surface area contributed by atoms with E-state index >= 15 is 0 Å². The second-order valence-electron chi connectivity index (χ2n) is 6.41. The SMILES string of the molecule is CNc1ccc(Nc2nc3c(-c4ccc(F)cc4C)cccn3n2)cc1C=N. The maximum Gasteiger partial charge on any atom is 0.247 e. The predicted octanol–water partition coefficient (Wildman–Crippen LogP) is 4.63. The van der Waals surface area contributed by atoms with E-state index in [1.165, 1.54) is 18.3 Å². The second kappa shape index (κ2) is 7.11. The number of halogens is 1. The summed E-state index contributed by atoms with van der Waals surface area (Å²) in [5.41, 5.74) is 5.73. The molecule has 0 saturated carbocycles. The van der Waals surface area contributed by atoms with Crippen molar-refractivity contribution in [2.24, 2.45) is 0 Å². The van der Waals surface area contributed by atoms with E-state index in [9.17, 15) is 4.39 Å². The summed E-state index contributed by atoms with van der Waals surface area (Å²) in [5.74, 6) is 0.185. The van der Waals surface area contributed by atoms with Gasteiger partial charge in [0.15, 0.2) is 5.65 Å². The van der Waals surface area contributed by atoms with Crippen LogP contribution in [0.15, 0.2) is 54.7 Å². The number of pyridine rings is 1. The fourth-order valence-electron chi connectivity index (χ4n) is 3.22. The molecule has 2 aromatic heterocycles. The van der Waals surface area contributed by atoms with Crippen molar-refractivity contribution in [2.45, 2.75) is 6.92 Å². The third-order valence-corrected chi connectivity index (χ3v) is 4.57. The van der Waals surface area contributed by atoms with Gasteiger partial charge in [-0.25, -0.2) is 8.91 Å². The lowest BCUT2D eigenvalue weighted by molar-refractivity contribution is 0.627. The molecule has 140 valence electrons. The van der Waals surface area contributed by atoms with Crippen molar-refractivity contribution in [3.05, 3.63) is 71.7 Å². The number of benzene rings is 2. The fourth-order valence-corrected chi connectivity index (χ4v) is 3.22. The van der Waals surface area contributed by atoms with Crippen molar-refractivity contribution in [3.63, 3.8) is 0 Å². The maximum atomic E-state index is 13.5. The summed E-state index contributed by atoms with van der Waals surface area (Å²) in [6, 6.07) is 14.2. The molecule has 0 unspecified atom stereocenters. The highest BCUT2D eigenvalue weighted by Gasteiger charge is 2.12. The van der Waals surface area contributed by atoms with E-state index in [4.69, 9.17) is 5.41 Å². The van der Waals surface area contributed by atoms with Gasteiger partial charge in [-0.3, -0.25) is 0 Å². The summed E-state index contributed by atoms with van der Waals surface area (Å²) in [4.78, 5) is 4.62. The molecule has 0 amide bonds. The summed E-state index contributed by atoms with van der Waals surface area (Å²) in [7, 11) is 1.82. The van der Waals surface area contributed by atoms with Gasteiger partial charge >= 0.3 is 0 Å². The highest BCUT2D eigenvalue weighted by Crippen LogP contribution is 2.28. The number of aryl methyl sites for hydroxylation is 1. The van der Waals surface area contributed by atoms with Gasteiger partial charge in [0.05, 0.1) is 0 Å². The molecule has 0 saturated heterocycles. The van der Waals surface area contributed by atoms with Gasteiger partial charge in [0.25, 0.3) is 0 Å². The van der Waals surface area contributed by atoms with Gasteiger partial charge in [-0.1, -0.05) is 6.07 Å². The van der Waals surface area contributed by atoms with E-state index in [1.807, 2.05) is 50.5 Å². The number of anilines is 3. The monoisotopic (exact) mass is 374 g/mol. The fraction of sp³-hybridized carbons (Fsp3) is 0.0952. The van der Waals surface area contributed by atoms with Crippen LogP contribution in [-0.2, 0) is 0 Å². The van der Waals surface area contributed by atoms with Crippen molar-refractivity contribution in [1.29, 1.82) is 5.41 Å². The summed E-state index contributed by atoms with van der Waals surface area (Å²) < 4.78 is 15.2. The average Bonchev–Trinajstić information content (AvgIpc) is 3.10. The van der Waals surface area contributed by atoms with E-state index in [0.29, 0.717) is 11.6 Å². The van der Waals surface area contributed by atoms with Crippen LogP contribution in [-0.4, -0.2) is 27.9 Å². The number of fused-ring (bicyclic) bond motifs is 1. The van der Waals surface area contributed by atoms with Crippen LogP contribution in [0.2, 0.25) is 0 Å². The average molecular weight is 374 g/mol. The molecule has 2 aromatic carbocycles. The van der Waals surface area contributed by atoms with Crippen LogP contribution < -0.4 is 10.6 Å². The van der Waals surface area contributed by atoms with Gasteiger partial charge in [-0.2, -0.15) is 4.98 Å². The predicted molar refractivity (Wildman–Crippen MR) is 110 cm³/mol. The van der Waals surface area contributed by atoms with E-state index < -0.39 is 0 Å². The molecule has 6 nitrogen and oxygen atoms in total. The largest absolute Gasteiger partial charge is 0.388 e. The van der Waals surface area contributed by atoms with Crippen LogP contribution >= 0.6 is 0 Å². The molecular formula is C21H19FN6. The van der Waals surface area contributed by atoms with E-state index in [2.05, 4.69) is 20.7 Å². The van der Waals surface area contributed by atoms with Crippen LogP contribution in [0.3, 0.4) is 0 Å². The Balaban J connectivity index is 1.74. The molecule has 0 atom stereocenters. The van der Waals surface area contributed by atoms with Gasteiger partial charge in [0, 0.05) is 42.0 Å².